The van der Waals surface area contributed by atoms with Crippen LogP contribution in [0.3, 0.4) is 0 Å². The van der Waals surface area contributed by atoms with Crippen LogP contribution in [0.25, 0.3) is 0 Å². The van der Waals surface area contributed by atoms with E-state index in [4.69, 9.17) is 22.1 Å². The van der Waals surface area contributed by atoms with Gasteiger partial charge in [0.05, 0.1) is 0 Å². The molecule has 4 nitrogen and oxygen atoms in total. The first kappa shape index (κ1) is 15.4. The molecule has 6 heteroatoms. The molecular formula is C14H18Cl2N2O2. The Hall–Kier alpha value is -0.970. The van der Waals surface area contributed by atoms with Crippen LogP contribution in [0.2, 0.25) is 5.02 Å². The summed E-state index contributed by atoms with van der Waals surface area (Å²) in [6, 6.07) is 5.71. The number of rotatable bonds is 1. The van der Waals surface area contributed by atoms with Gasteiger partial charge in [0.15, 0.2) is 6.10 Å². The number of fused-ring (bicyclic) bond motifs is 1. The minimum Gasteiger partial charge on any atom is -0.480 e. The van der Waals surface area contributed by atoms with E-state index in [2.05, 4.69) is 0 Å². The number of halogens is 2. The number of piperidine rings is 1. The Morgan fingerprint density at radius 3 is 2.75 bits per heavy atom. The van der Waals surface area contributed by atoms with E-state index in [9.17, 15) is 4.79 Å². The molecule has 1 saturated heterocycles. The molecule has 20 heavy (non-hydrogen) atoms. The van der Waals surface area contributed by atoms with Crippen LogP contribution in [0.5, 0.6) is 5.75 Å². The second-order valence-electron chi connectivity index (χ2n) is 5.23. The molecule has 0 radical (unpaired) electrons. The first-order valence-corrected chi connectivity index (χ1v) is 7.01. The number of carbonyl (C=O) groups is 1. The van der Waals surface area contributed by atoms with E-state index in [1.807, 2.05) is 17.0 Å². The molecule has 2 aliphatic rings. The largest absolute Gasteiger partial charge is 0.480 e. The van der Waals surface area contributed by atoms with Crippen molar-refractivity contribution < 1.29 is 9.53 Å². The summed E-state index contributed by atoms with van der Waals surface area (Å²) in [5, 5.41) is 0.680. The predicted molar refractivity (Wildman–Crippen MR) is 80.6 cm³/mol. The summed E-state index contributed by atoms with van der Waals surface area (Å²) >= 11 is 5.95. The third-order valence-corrected chi connectivity index (χ3v) is 4.06. The minimum absolute atomic E-state index is 0. The van der Waals surface area contributed by atoms with Crippen molar-refractivity contribution in [3.63, 3.8) is 0 Å². The molecule has 1 aromatic rings. The monoisotopic (exact) mass is 316 g/mol. The van der Waals surface area contributed by atoms with Gasteiger partial charge in [0.2, 0.25) is 0 Å². The summed E-state index contributed by atoms with van der Waals surface area (Å²) in [7, 11) is 0. The first-order chi connectivity index (χ1) is 9.13. The highest BCUT2D eigenvalue weighted by Gasteiger charge is 2.33. The van der Waals surface area contributed by atoms with Crippen molar-refractivity contribution in [1.82, 2.24) is 4.90 Å². The molecule has 1 aromatic carbocycles. The highest BCUT2D eigenvalue weighted by atomic mass is 35.5. The molecule has 0 aromatic heterocycles. The number of benzene rings is 1. The van der Waals surface area contributed by atoms with Crippen molar-refractivity contribution in [3.05, 3.63) is 28.8 Å². The quantitative estimate of drug-likeness (QED) is 0.862. The molecule has 1 atom stereocenters. The molecule has 110 valence electrons. The van der Waals surface area contributed by atoms with Crippen molar-refractivity contribution in [2.75, 3.05) is 13.1 Å². The van der Waals surface area contributed by atoms with Crippen LogP contribution in [-0.4, -0.2) is 36.0 Å². The standard InChI is InChI=1S/C14H17ClN2O2.ClH/c15-10-1-2-12-9(7-10)8-13(19-12)14(18)17-5-3-11(16)4-6-17;/h1-2,7,11,13H,3-6,8,16H2;1H. The molecule has 3 rings (SSSR count). The van der Waals surface area contributed by atoms with Crippen molar-refractivity contribution in [3.8, 4) is 5.75 Å². The Bertz CT molecular complexity index is 502. The Balaban J connectivity index is 0.00000147. The van der Waals surface area contributed by atoms with Gasteiger partial charge in [-0.2, -0.15) is 0 Å². The van der Waals surface area contributed by atoms with Crippen LogP contribution in [0.15, 0.2) is 18.2 Å². The van der Waals surface area contributed by atoms with E-state index in [1.54, 1.807) is 6.07 Å². The van der Waals surface area contributed by atoms with Gasteiger partial charge in [-0.25, -0.2) is 0 Å². The van der Waals surface area contributed by atoms with Gasteiger partial charge in [0, 0.05) is 30.6 Å². The second kappa shape index (κ2) is 6.20. The van der Waals surface area contributed by atoms with Crippen LogP contribution in [0.1, 0.15) is 18.4 Å². The maximum absolute atomic E-state index is 12.4. The zero-order valence-electron chi connectivity index (χ0n) is 11.0. The molecule has 1 fully saturated rings. The highest BCUT2D eigenvalue weighted by Crippen LogP contribution is 2.32. The molecule has 0 bridgehead atoms. The second-order valence-corrected chi connectivity index (χ2v) is 5.66. The number of carbonyl (C=O) groups excluding carboxylic acids is 1. The van der Waals surface area contributed by atoms with Crippen molar-refractivity contribution >= 4 is 29.9 Å². The number of nitrogens with zero attached hydrogens (tertiary/aromatic N) is 1. The lowest BCUT2D eigenvalue weighted by Gasteiger charge is -2.31. The Kier molecular flexibility index (Phi) is 4.78. The third-order valence-electron chi connectivity index (χ3n) is 3.82. The van der Waals surface area contributed by atoms with E-state index in [0.29, 0.717) is 11.4 Å². The van der Waals surface area contributed by atoms with Gasteiger partial charge in [0.1, 0.15) is 5.75 Å². The summed E-state index contributed by atoms with van der Waals surface area (Å²) in [4.78, 5) is 14.3. The third kappa shape index (κ3) is 3.03. The fourth-order valence-electron chi connectivity index (χ4n) is 2.68. The molecule has 2 aliphatic heterocycles. The van der Waals surface area contributed by atoms with Crippen LogP contribution in [0.4, 0.5) is 0 Å². The van der Waals surface area contributed by atoms with Gasteiger partial charge in [-0.1, -0.05) is 11.6 Å². The van der Waals surface area contributed by atoms with Crippen molar-refractivity contribution in [1.29, 1.82) is 0 Å². The number of hydrogen-bond donors (Lipinski definition) is 1. The zero-order chi connectivity index (χ0) is 13.4. The van der Waals surface area contributed by atoms with E-state index < -0.39 is 6.10 Å². The molecule has 2 N–H and O–H groups in total. The van der Waals surface area contributed by atoms with Crippen LogP contribution in [-0.2, 0) is 11.2 Å². The number of amides is 1. The van der Waals surface area contributed by atoms with E-state index in [1.165, 1.54) is 0 Å². The van der Waals surface area contributed by atoms with Crippen LogP contribution >= 0.6 is 24.0 Å². The first-order valence-electron chi connectivity index (χ1n) is 6.63. The van der Waals surface area contributed by atoms with Crippen molar-refractivity contribution in [2.45, 2.75) is 31.4 Å². The maximum Gasteiger partial charge on any atom is 0.263 e. The number of likely N-dealkylation sites (tertiary alicyclic amines) is 1. The maximum atomic E-state index is 12.4. The highest BCUT2D eigenvalue weighted by molar-refractivity contribution is 6.30. The summed E-state index contributed by atoms with van der Waals surface area (Å²) in [5.74, 6) is 0.843. The molecule has 0 saturated carbocycles. The number of nitrogens with two attached hydrogens (primary N) is 1. The average molecular weight is 317 g/mol. The van der Waals surface area contributed by atoms with Crippen molar-refractivity contribution in [2.24, 2.45) is 5.73 Å². The zero-order valence-corrected chi connectivity index (χ0v) is 12.6. The molecule has 2 heterocycles. The SMILES string of the molecule is Cl.NC1CCN(C(=O)C2Cc3cc(Cl)ccc3O2)CC1. The minimum atomic E-state index is -0.400. The molecule has 1 unspecified atom stereocenters. The van der Waals surface area contributed by atoms with Gasteiger partial charge in [-0.15, -0.1) is 12.4 Å². The number of hydrogen-bond acceptors (Lipinski definition) is 3. The van der Waals surface area contributed by atoms with Gasteiger partial charge < -0.3 is 15.4 Å². The van der Waals surface area contributed by atoms with Gasteiger partial charge in [0.25, 0.3) is 5.91 Å². The average Bonchev–Trinajstić information content (AvgIpc) is 2.81. The smallest absolute Gasteiger partial charge is 0.263 e. The Morgan fingerprint density at radius 2 is 2.05 bits per heavy atom. The molecule has 1 amide bonds. The van der Waals surface area contributed by atoms with Crippen LogP contribution < -0.4 is 10.5 Å². The lowest BCUT2D eigenvalue weighted by molar-refractivity contribution is -0.138. The Morgan fingerprint density at radius 1 is 1.35 bits per heavy atom. The van der Waals surface area contributed by atoms with Crippen LogP contribution in [0, 0.1) is 0 Å². The van der Waals surface area contributed by atoms with E-state index >= 15 is 0 Å². The summed E-state index contributed by atoms with van der Waals surface area (Å²) < 4.78 is 5.72. The molecular weight excluding hydrogens is 299 g/mol. The lowest BCUT2D eigenvalue weighted by Crippen LogP contribution is -2.47. The fraction of sp³-hybridized carbons (Fsp3) is 0.500. The van der Waals surface area contributed by atoms with Gasteiger partial charge in [-0.3, -0.25) is 4.79 Å². The normalized spacial score (nSPS) is 21.9. The Labute approximate surface area is 129 Å². The van der Waals surface area contributed by atoms with E-state index in [0.717, 1.165) is 37.2 Å². The number of ether oxygens (including phenoxy) is 1. The van der Waals surface area contributed by atoms with Gasteiger partial charge >= 0.3 is 0 Å². The molecule has 0 spiro atoms. The van der Waals surface area contributed by atoms with E-state index in [-0.39, 0.29) is 24.4 Å². The summed E-state index contributed by atoms with van der Waals surface area (Å²) in [5.41, 5.74) is 6.87. The lowest BCUT2D eigenvalue weighted by atomic mass is 10.0. The summed E-state index contributed by atoms with van der Waals surface area (Å²) in [6.07, 6.45) is 1.95. The molecule has 0 aliphatic carbocycles. The predicted octanol–water partition coefficient (Wildman–Crippen LogP) is 2.01. The fourth-order valence-corrected chi connectivity index (χ4v) is 2.87. The topological polar surface area (TPSA) is 55.6 Å². The summed E-state index contributed by atoms with van der Waals surface area (Å²) in [6.45, 7) is 1.47. The van der Waals surface area contributed by atoms with Gasteiger partial charge in [-0.05, 0) is 36.6 Å².